The van der Waals surface area contributed by atoms with Crippen molar-refractivity contribution in [1.29, 1.82) is 0 Å². The van der Waals surface area contributed by atoms with E-state index in [9.17, 15) is 24.2 Å². The summed E-state index contributed by atoms with van der Waals surface area (Å²) in [6.07, 6.45) is 11.0. The minimum Gasteiger partial charge on any atom is -0.477 e. The van der Waals surface area contributed by atoms with E-state index in [0.717, 1.165) is 32.1 Å². The molecule has 6 heteroatoms. The summed E-state index contributed by atoms with van der Waals surface area (Å²) >= 11 is 0. The molecule has 0 amide bonds. The number of carboxylic acid groups (broad SMARTS) is 1. The van der Waals surface area contributed by atoms with Crippen molar-refractivity contribution < 1.29 is 29.3 Å². The molecule has 0 aromatic rings. The largest absolute Gasteiger partial charge is 0.477 e. The number of aliphatic hydroxyl groups is 2. The molecule has 28 heavy (non-hydrogen) atoms. The monoisotopic (exact) mass is 398 g/mol. The zero-order valence-electron chi connectivity index (χ0n) is 16.9. The second-order valence-electron chi connectivity index (χ2n) is 7.95. The molecule has 0 unspecified atom stereocenters. The van der Waals surface area contributed by atoms with Gasteiger partial charge in [0.15, 0.2) is 0 Å². The van der Waals surface area contributed by atoms with Crippen molar-refractivity contribution in [3.05, 3.63) is 24.6 Å². The molecule has 5 nitrogen and oxygen atoms in total. The molecule has 3 atom stereocenters. The first-order chi connectivity index (χ1) is 13.2. The Kier molecular flexibility index (Phi) is 10.6. The standard InChI is InChI=1S/C22H35FO5/c1-3-4-9-17(16(2)23)10-8-11-18-13-14-20(24)19(18)12-6-5-7-15-22(27,28)21(25)26/h8,11,17-19,27-28H,2-7,9-10,12-15H2,1H3,(H,25,26)/t17-,18+,19-/m1/s1. The number of hydrogen-bond donors (Lipinski definition) is 3. The third-order valence-electron chi connectivity index (χ3n) is 5.69. The number of halogens is 1. The topological polar surface area (TPSA) is 94.8 Å². The Bertz CT molecular complexity index is 555. The lowest BCUT2D eigenvalue weighted by Crippen LogP contribution is -2.37. The Labute approximate surface area is 167 Å². The van der Waals surface area contributed by atoms with E-state index in [2.05, 4.69) is 13.5 Å². The average Bonchev–Trinajstić information content (AvgIpc) is 2.97. The van der Waals surface area contributed by atoms with Crippen LogP contribution in [0, 0.1) is 17.8 Å². The van der Waals surface area contributed by atoms with Crippen molar-refractivity contribution in [2.45, 2.75) is 83.3 Å². The molecule has 1 rings (SSSR count). The first-order valence-corrected chi connectivity index (χ1v) is 10.4. The second kappa shape index (κ2) is 12.1. The Balaban J connectivity index is 2.43. The van der Waals surface area contributed by atoms with E-state index in [1.807, 2.05) is 12.2 Å². The van der Waals surface area contributed by atoms with E-state index in [1.54, 1.807) is 0 Å². The predicted molar refractivity (Wildman–Crippen MR) is 106 cm³/mol. The summed E-state index contributed by atoms with van der Waals surface area (Å²) in [6.45, 7) is 5.52. The molecular weight excluding hydrogens is 363 g/mol. The molecule has 0 aromatic carbocycles. The van der Waals surface area contributed by atoms with Gasteiger partial charge in [0.2, 0.25) is 0 Å². The van der Waals surface area contributed by atoms with Gasteiger partial charge in [0.25, 0.3) is 5.79 Å². The van der Waals surface area contributed by atoms with Crippen molar-refractivity contribution >= 4 is 11.8 Å². The third-order valence-corrected chi connectivity index (χ3v) is 5.69. The number of ketones is 1. The normalized spacial score (nSPS) is 21.4. The second-order valence-corrected chi connectivity index (χ2v) is 7.95. The first kappa shape index (κ1) is 24.5. The Hall–Kier alpha value is -1.53. The van der Waals surface area contributed by atoms with Gasteiger partial charge in [0.1, 0.15) is 5.78 Å². The number of allylic oxidation sites excluding steroid dienone is 3. The van der Waals surface area contributed by atoms with Gasteiger partial charge in [-0.25, -0.2) is 9.18 Å². The van der Waals surface area contributed by atoms with Crippen LogP contribution in [0.3, 0.4) is 0 Å². The molecule has 0 spiro atoms. The number of carboxylic acids is 1. The summed E-state index contributed by atoms with van der Waals surface area (Å²) in [5.74, 6) is -4.38. The smallest absolute Gasteiger partial charge is 0.364 e. The van der Waals surface area contributed by atoms with Crippen LogP contribution >= 0.6 is 0 Å². The highest BCUT2D eigenvalue weighted by atomic mass is 19.1. The fraction of sp³-hybridized carbons (Fsp3) is 0.727. The van der Waals surface area contributed by atoms with E-state index in [-0.39, 0.29) is 35.8 Å². The van der Waals surface area contributed by atoms with Crippen LogP contribution < -0.4 is 0 Å². The van der Waals surface area contributed by atoms with Crippen molar-refractivity contribution in [2.24, 2.45) is 17.8 Å². The van der Waals surface area contributed by atoms with Crippen molar-refractivity contribution in [2.75, 3.05) is 0 Å². The maximum Gasteiger partial charge on any atom is 0.364 e. The van der Waals surface area contributed by atoms with Crippen molar-refractivity contribution in [1.82, 2.24) is 0 Å². The van der Waals surface area contributed by atoms with Crippen molar-refractivity contribution in [3.8, 4) is 0 Å². The average molecular weight is 399 g/mol. The Morgan fingerprint density at radius 1 is 1.32 bits per heavy atom. The number of carbonyl (C=O) groups is 2. The van der Waals surface area contributed by atoms with Crippen LogP contribution in [0.2, 0.25) is 0 Å². The van der Waals surface area contributed by atoms with Crippen molar-refractivity contribution in [3.63, 3.8) is 0 Å². The highest BCUT2D eigenvalue weighted by Crippen LogP contribution is 2.34. The summed E-state index contributed by atoms with van der Waals surface area (Å²) in [7, 11) is 0. The van der Waals surface area contributed by atoms with Crippen LogP contribution in [0.5, 0.6) is 0 Å². The van der Waals surface area contributed by atoms with Gasteiger partial charge in [-0.2, -0.15) is 0 Å². The number of carbonyl (C=O) groups excluding carboxylic acids is 1. The van der Waals surface area contributed by atoms with Gasteiger partial charge in [0.05, 0.1) is 5.83 Å². The van der Waals surface area contributed by atoms with Gasteiger partial charge < -0.3 is 15.3 Å². The first-order valence-electron chi connectivity index (χ1n) is 10.4. The van der Waals surface area contributed by atoms with Gasteiger partial charge in [-0.3, -0.25) is 4.79 Å². The fourth-order valence-electron chi connectivity index (χ4n) is 3.83. The molecule has 1 aliphatic rings. The van der Waals surface area contributed by atoms with Crippen LogP contribution in [-0.2, 0) is 9.59 Å². The zero-order valence-corrected chi connectivity index (χ0v) is 16.9. The number of hydrogen-bond acceptors (Lipinski definition) is 4. The summed E-state index contributed by atoms with van der Waals surface area (Å²) in [4.78, 5) is 22.8. The molecule has 1 saturated carbocycles. The molecule has 160 valence electrons. The summed E-state index contributed by atoms with van der Waals surface area (Å²) in [5, 5.41) is 27.2. The molecular formula is C22H35FO5. The number of aliphatic carboxylic acids is 1. The van der Waals surface area contributed by atoms with E-state index in [1.165, 1.54) is 0 Å². The van der Waals surface area contributed by atoms with E-state index in [4.69, 9.17) is 5.11 Å². The summed E-state index contributed by atoms with van der Waals surface area (Å²) < 4.78 is 13.5. The van der Waals surface area contributed by atoms with Crippen LogP contribution in [0.4, 0.5) is 4.39 Å². The Morgan fingerprint density at radius 3 is 2.64 bits per heavy atom. The molecule has 0 radical (unpaired) electrons. The molecule has 0 saturated heterocycles. The lowest BCUT2D eigenvalue weighted by Gasteiger charge is -2.17. The van der Waals surface area contributed by atoms with Gasteiger partial charge in [-0.1, -0.05) is 51.3 Å². The highest BCUT2D eigenvalue weighted by Gasteiger charge is 2.33. The number of unbranched alkanes of at least 4 members (excludes halogenated alkanes) is 3. The van der Waals surface area contributed by atoms with E-state index < -0.39 is 11.8 Å². The quantitative estimate of drug-likeness (QED) is 0.227. The van der Waals surface area contributed by atoms with Crippen LogP contribution in [0.15, 0.2) is 24.6 Å². The number of rotatable bonds is 14. The van der Waals surface area contributed by atoms with E-state index in [0.29, 0.717) is 32.1 Å². The molecule has 0 heterocycles. The summed E-state index contributed by atoms with van der Waals surface area (Å²) in [6, 6.07) is 0. The van der Waals surface area contributed by atoms with Crippen LogP contribution in [-0.4, -0.2) is 32.9 Å². The number of Topliss-reactive ketones (excluding diaryl/α,β-unsaturated/α-hetero) is 1. The maximum atomic E-state index is 13.5. The summed E-state index contributed by atoms with van der Waals surface area (Å²) in [5.41, 5.74) is 0. The highest BCUT2D eigenvalue weighted by molar-refractivity contribution is 5.83. The predicted octanol–water partition coefficient (Wildman–Crippen LogP) is 4.53. The lowest BCUT2D eigenvalue weighted by molar-refractivity contribution is -0.205. The molecule has 0 aromatic heterocycles. The lowest BCUT2D eigenvalue weighted by atomic mass is 9.88. The van der Waals surface area contributed by atoms with Gasteiger partial charge in [0, 0.05) is 24.7 Å². The molecule has 3 N–H and O–H groups in total. The van der Waals surface area contributed by atoms with E-state index >= 15 is 0 Å². The van der Waals surface area contributed by atoms with Gasteiger partial charge >= 0.3 is 5.97 Å². The minimum absolute atomic E-state index is 0.0496. The zero-order chi connectivity index (χ0) is 21.2. The molecule has 0 aliphatic heterocycles. The fourth-order valence-corrected chi connectivity index (χ4v) is 3.83. The molecule has 0 bridgehead atoms. The Morgan fingerprint density at radius 2 is 2.04 bits per heavy atom. The van der Waals surface area contributed by atoms with Gasteiger partial charge in [-0.05, 0) is 38.0 Å². The van der Waals surface area contributed by atoms with Crippen LogP contribution in [0.1, 0.15) is 77.6 Å². The maximum absolute atomic E-state index is 13.5. The minimum atomic E-state index is -2.68. The molecule has 1 aliphatic carbocycles. The van der Waals surface area contributed by atoms with Crippen LogP contribution in [0.25, 0.3) is 0 Å². The molecule has 1 fully saturated rings. The third kappa shape index (κ3) is 8.23. The SMILES string of the molecule is C=C(F)[C@@H](CC=C[C@H]1CCC(=O)[C@@H]1CCCCCC(O)(O)C(=O)O)CCCC. The van der Waals surface area contributed by atoms with Gasteiger partial charge in [-0.15, -0.1) is 0 Å².